The van der Waals surface area contributed by atoms with E-state index in [4.69, 9.17) is 4.74 Å². The molecule has 1 unspecified atom stereocenters. The summed E-state index contributed by atoms with van der Waals surface area (Å²) in [6.07, 6.45) is 1.35. The molecule has 5 nitrogen and oxygen atoms in total. The highest BCUT2D eigenvalue weighted by molar-refractivity contribution is 5.73. The average molecular weight is 274 g/mol. The van der Waals surface area contributed by atoms with Gasteiger partial charge in [0.05, 0.1) is 18.7 Å². The molecule has 3 rings (SSSR count). The summed E-state index contributed by atoms with van der Waals surface area (Å²) in [5.74, 6) is 0.616. The van der Waals surface area contributed by atoms with E-state index in [0.717, 1.165) is 43.8 Å². The van der Waals surface area contributed by atoms with Gasteiger partial charge in [0, 0.05) is 13.1 Å². The van der Waals surface area contributed by atoms with Crippen molar-refractivity contribution in [2.24, 2.45) is 5.92 Å². The monoisotopic (exact) mass is 274 g/mol. The van der Waals surface area contributed by atoms with E-state index in [-0.39, 0.29) is 6.17 Å². The van der Waals surface area contributed by atoms with Gasteiger partial charge in [0.2, 0.25) is 0 Å². The van der Waals surface area contributed by atoms with Gasteiger partial charge in [0.25, 0.3) is 0 Å². The molecule has 1 aromatic carbocycles. The lowest BCUT2D eigenvalue weighted by Gasteiger charge is -2.35. The van der Waals surface area contributed by atoms with Gasteiger partial charge in [0.1, 0.15) is 11.7 Å². The van der Waals surface area contributed by atoms with Crippen LogP contribution in [0.3, 0.4) is 0 Å². The maximum atomic E-state index is 5.47. The molecule has 0 radical (unpaired) electrons. The van der Waals surface area contributed by atoms with Crippen molar-refractivity contribution in [1.29, 1.82) is 0 Å². The van der Waals surface area contributed by atoms with Gasteiger partial charge in [0.15, 0.2) is 0 Å². The SMILES string of the molecule is CC(C)CC(N1CCOCC1)n1nnc2ccccc21. The fourth-order valence-electron chi connectivity index (χ4n) is 2.81. The number of rotatable bonds is 4. The summed E-state index contributed by atoms with van der Waals surface area (Å²) in [6.45, 7) is 8.05. The molecule has 1 atom stereocenters. The number of benzene rings is 1. The molecule has 1 saturated heterocycles. The Morgan fingerprint density at radius 1 is 1.20 bits per heavy atom. The zero-order valence-corrected chi connectivity index (χ0v) is 12.2. The predicted molar refractivity (Wildman–Crippen MR) is 78.4 cm³/mol. The molecular formula is C15H22N4O. The van der Waals surface area contributed by atoms with Gasteiger partial charge in [-0.2, -0.15) is 0 Å². The van der Waals surface area contributed by atoms with E-state index >= 15 is 0 Å². The Bertz CT molecular complexity index is 560. The van der Waals surface area contributed by atoms with Crippen LogP contribution in [0.5, 0.6) is 0 Å². The average Bonchev–Trinajstić information content (AvgIpc) is 2.89. The van der Waals surface area contributed by atoms with Gasteiger partial charge in [-0.05, 0) is 24.5 Å². The highest BCUT2D eigenvalue weighted by Gasteiger charge is 2.25. The molecule has 1 aromatic heterocycles. The summed E-state index contributed by atoms with van der Waals surface area (Å²) in [4.78, 5) is 2.46. The third kappa shape index (κ3) is 2.69. The van der Waals surface area contributed by atoms with Crippen LogP contribution >= 0.6 is 0 Å². The molecule has 2 aromatic rings. The van der Waals surface area contributed by atoms with Crippen LogP contribution < -0.4 is 0 Å². The largest absolute Gasteiger partial charge is 0.379 e. The fourth-order valence-corrected chi connectivity index (χ4v) is 2.81. The molecule has 2 heterocycles. The van der Waals surface area contributed by atoms with Crippen molar-refractivity contribution in [3.05, 3.63) is 24.3 Å². The zero-order valence-electron chi connectivity index (χ0n) is 12.2. The summed E-state index contributed by atoms with van der Waals surface area (Å²) in [7, 11) is 0. The van der Waals surface area contributed by atoms with Gasteiger partial charge in [-0.15, -0.1) is 5.10 Å². The molecule has 1 fully saturated rings. The molecule has 0 spiro atoms. The third-order valence-electron chi connectivity index (χ3n) is 3.81. The molecule has 0 aliphatic carbocycles. The van der Waals surface area contributed by atoms with E-state index < -0.39 is 0 Å². The second-order valence-electron chi connectivity index (χ2n) is 5.78. The van der Waals surface area contributed by atoms with Crippen molar-refractivity contribution in [2.75, 3.05) is 26.3 Å². The lowest BCUT2D eigenvalue weighted by molar-refractivity contribution is -0.0104. The normalized spacial score (nSPS) is 18.8. The molecule has 0 amide bonds. The first-order valence-corrected chi connectivity index (χ1v) is 7.37. The third-order valence-corrected chi connectivity index (χ3v) is 3.81. The van der Waals surface area contributed by atoms with Crippen LogP contribution in [0.2, 0.25) is 0 Å². The minimum atomic E-state index is 0.270. The topological polar surface area (TPSA) is 43.2 Å². The highest BCUT2D eigenvalue weighted by atomic mass is 16.5. The van der Waals surface area contributed by atoms with Gasteiger partial charge in [-0.25, -0.2) is 4.68 Å². The summed E-state index contributed by atoms with van der Waals surface area (Å²) in [5.41, 5.74) is 2.08. The number of aromatic nitrogens is 3. The fraction of sp³-hybridized carbons (Fsp3) is 0.600. The van der Waals surface area contributed by atoms with Crippen molar-refractivity contribution in [1.82, 2.24) is 19.9 Å². The molecule has 108 valence electrons. The molecule has 0 bridgehead atoms. The highest BCUT2D eigenvalue weighted by Crippen LogP contribution is 2.25. The van der Waals surface area contributed by atoms with E-state index in [2.05, 4.69) is 39.8 Å². The lowest BCUT2D eigenvalue weighted by Crippen LogP contribution is -2.42. The second kappa shape index (κ2) is 5.89. The Hall–Kier alpha value is -1.46. The first-order chi connectivity index (χ1) is 9.75. The van der Waals surface area contributed by atoms with Gasteiger partial charge in [-0.1, -0.05) is 31.2 Å². The number of morpholine rings is 1. The van der Waals surface area contributed by atoms with Crippen LogP contribution in [-0.2, 0) is 4.74 Å². The van der Waals surface area contributed by atoms with E-state index in [0.29, 0.717) is 5.92 Å². The van der Waals surface area contributed by atoms with Crippen LogP contribution in [0.4, 0.5) is 0 Å². The molecule has 1 aliphatic heterocycles. The van der Waals surface area contributed by atoms with Crippen molar-refractivity contribution in [3.8, 4) is 0 Å². The van der Waals surface area contributed by atoms with E-state index in [9.17, 15) is 0 Å². The van der Waals surface area contributed by atoms with Gasteiger partial charge >= 0.3 is 0 Å². The Balaban J connectivity index is 1.95. The maximum Gasteiger partial charge on any atom is 0.113 e. The van der Waals surface area contributed by atoms with Gasteiger partial charge in [-0.3, -0.25) is 4.90 Å². The molecular weight excluding hydrogens is 252 g/mol. The number of hydrogen-bond acceptors (Lipinski definition) is 4. The molecule has 1 aliphatic rings. The van der Waals surface area contributed by atoms with Crippen molar-refractivity contribution < 1.29 is 4.74 Å². The van der Waals surface area contributed by atoms with Crippen molar-refractivity contribution in [2.45, 2.75) is 26.4 Å². The van der Waals surface area contributed by atoms with Crippen molar-refractivity contribution in [3.63, 3.8) is 0 Å². The number of hydrogen-bond donors (Lipinski definition) is 0. The van der Waals surface area contributed by atoms with Crippen LogP contribution in [0.1, 0.15) is 26.4 Å². The Kier molecular flexibility index (Phi) is 3.98. The van der Waals surface area contributed by atoms with E-state index in [1.807, 2.05) is 18.2 Å². The predicted octanol–water partition coefficient (Wildman–Crippen LogP) is 2.31. The van der Waals surface area contributed by atoms with Crippen molar-refractivity contribution >= 4 is 11.0 Å². The molecule has 0 N–H and O–H groups in total. The quantitative estimate of drug-likeness (QED) is 0.858. The minimum Gasteiger partial charge on any atom is -0.379 e. The van der Waals surface area contributed by atoms with Gasteiger partial charge < -0.3 is 4.74 Å². The number of nitrogens with zero attached hydrogens (tertiary/aromatic N) is 4. The standard InChI is InChI=1S/C15H22N4O/c1-12(2)11-15(18-7-9-20-10-8-18)19-14-6-4-3-5-13(14)16-17-19/h3-6,12,15H,7-11H2,1-2H3. The summed E-state index contributed by atoms with van der Waals surface area (Å²) >= 11 is 0. The molecule has 20 heavy (non-hydrogen) atoms. The smallest absolute Gasteiger partial charge is 0.113 e. The molecule has 5 heteroatoms. The second-order valence-corrected chi connectivity index (χ2v) is 5.78. The molecule has 0 saturated carbocycles. The summed E-state index contributed by atoms with van der Waals surface area (Å²) in [6, 6.07) is 8.18. The Morgan fingerprint density at radius 2 is 1.95 bits per heavy atom. The van der Waals surface area contributed by atoms with Crippen LogP contribution in [0, 0.1) is 5.92 Å². The zero-order chi connectivity index (χ0) is 13.9. The number of ether oxygens (including phenoxy) is 1. The first kappa shape index (κ1) is 13.5. The first-order valence-electron chi connectivity index (χ1n) is 7.37. The number of fused-ring (bicyclic) bond motifs is 1. The number of para-hydroxylation sites is 1. The summed E-state index contributed by atoms with van der Waals surface area (Å²) in [5, 5.41) is 8.70. The minimum absolute atomic E-state index is 0.270. The van der Waals surface area contributed by atoms with E-state index in [1.165, 1.54) is 0 Å². The maximum absolute atomic E-state index is 5.47. The Morgan fingerprint density at radius 3 is 2.70 bits per heavy atom. The van der Waals surface area contributed by atoms with Crippen LogP contribution in [0.25, 0.3) is 11.0 Å². The Labute approximate surface area is 119 Å². The summed E-state index contributed by atoms with van der Waals surface area (Å²) < 4.78 is 7.56. The van der Waals surface area contributed by atoms with E-state index in [1.54, 1.807) is 0 Å². The lowest BCUT2D eigenvalue weighted by atomic mass is 10.1. The van der Waals surface area contributed by atoms with Crippen LogP contribution in [-0.4, -0.2) is 46.2 Å². The van der Waals surface area contributed by atoms with Crippen LogP contribution in [0.15, 0.2) is 24.3 Å².